The van der Waals surface area contributed by atoms with Gasteiger partial charge in [0.25, 0.3) is 0 Å². The van der Waals surface area contributed by atoms with Crippen LogP contribution in [0.1, 0.15) is 51.4 Å². The molecule has 5 atom stereocenters. The van der Waals surface area contributed by atoms with E-state index in [4.69, 9.17) is 0 Å². The van der Waals surface area contributed by atoms with Crippen molar-refractivity contribution in [3.63, 3.8) is 0 Å². The van der Waals surface area contributed by atoms with Crippen LogP contribution >= 0.6 is 0 Å². The average Bonchev–Trinajstić information content (AvgIpc) is 2.46. The van der Waals surface area contributed by atoms with Gasteiger partial charge in [-0.3, -0.25) is 4.21 Å². The Morgan fingerprint density at radius 1 is 0.958 bits per heavy atom. The topological polar surface area (TPSA) is 120 Å². The molecule has 0 saturated heterocycles. The third-order valence-corrected chi connectivity index (χ3v) is 9.43. The van der Waals surface area contributed by atoms with Crippen LogP contribution in [0, 0.1) is 0 Å². The first-order chi connectivity index (χ1) is 10.6. The molecule has 0 radical (unpaired) electrons. The van der Waals surface area contributed by atoms with Crippen LogP contribution in [0.4, 0.5) is 0 Å². The van der Waals surface area contributed by atoms with Gasteiger partial charge in [0.2, 0.25) is 10.0 Å². The summed E-state index contributed by atoms with van der Waals surface area (Å²) in [7, 11) is -6.89. The van der Waals surface area contributed by atoms with Crippen molar-refractivity contribution < 1.29 is 77.0 Å². The van der Waals surface area contributed by atoms with Gasteiger partial charge in [0.1, 0.15) is 9.84 Å². The van der Waals surface area contributed by atoms with Crippen molar-refractivity contribution in [2.75, 3.05) is 6.26 Å². The Balaban J connectivity index is 0.00000288. The molecule has 24 heavy (non-hydrogen) atoms. The molecule has 2 saturated carbocycles. The predicted octanol–water partition coefficient (Wildman–Crippen LogP) is -2.54. The summed E-state index contributed by atoms with van der Waals surface area (Å²) in [6.45, 7) is 0. The van der Waals surface area contributed by atoms with Crippen LogP contribution in [0.15, 0.2) is 0 Å². The summed E-state index contributed by atoms with van der Waals surface area (Å²) in [5, 5.41) is -1.83. The molecule has 0 aromatic carbocycles. The Bertz CT molecular complexity index is 651. The number of sulfone groups is 1. The molecule has 0 heterocycles. The fourth-order valence-electron chi connectivity index (χ4n) is 3.53. The van der Waals surface area contributed by atoms with Crippen molar-refractivity contribution in [3.8, 4) is 0 Å². The Labute approximate surface area is 189 Å². The van der Waals surface area contributed by atoms with Crippen LogP contribution < -0.4 is 56.1 Å². The van der Waals surface area contributed by atoms with Crippen molar-refractivity contribution in [1.82, 2.24) is 4.72 Å². The fraction of sp³-hybridized carbons (Fsp3) is 1.00. The molecule has 2 aliphatic rings. The number of sulfonamides is 1. The van der Waals surface area contributed by atoms with Gasteiger partial charge in [0.05, 0.1) is 10.5 Å². The molecule has 2 aliphatic carbocycles. The van der Waals surface area contributed by atoms with E-state index in [0.29, 0.717) is 38.5 Å². The fourth-order valence-corrected chi connectivity index (χ4v) is 7.41. The first-order valence-electron chi connectivity index (χ1n) is 7.87. The average molecular weight is 426 g/mol. The SMILES string of the molecule is CS(=O)(=O)C1CCCC(S(=O)(=O)NC2CCCC(S(=O)[O-])C2)C1.[K+]. The molecule has 0 aromatic heterocycles. The molecule has 136 valence electrons. The number of rotatable bonds is 5. The molecular formula is C13H24KNO6S3. The summed E-state index contributed by atoms with van der Waals surface area (Å²) in [4.78, 5) is 0. The van der Waals surface area contributed by atoms with Crippen molar-refractivity contribution in [2.45, 2.75) is 73.2 Å². The zero-order chi connectivity index (χ0) is 17.3. The molecule has 1 N–H and O–H groups in total. The maximum absolute atomic E-state index is 12.5. The third-order valence-electron chi connectivity index (χ3n) is 4.85. The molecule has 0 aliphatic heterocycles. The zero-order valence-electron chi connectivity index (χ0n) is 14.1. The van der Waals surface area contributed by atoms with E-state index in [9.17, 15) is 25.6 Å². The maximum Gasteiger partial charge on any atom is 1.00 e. The van der Waals surface area contributed by atoms with Crippen molar-refractivity contribution in [3.05, 3.63) is 0 Å². The van der Waals surface area contributed by atoms with Crippen LogP contribution in [0.3, 0.4) is 0 Å². The van der Waals surface area contributed by atoms with Crippen molar-refractivity contribution in [2.24, 2.45) is 0 Å². The van der Waals surface area contributed by atoms with Crippen LogP contribution in [-0.4, -0.2) is 53.6 Å². The van der Waals surface area contributed by atoms with Crippen molar-refractivity contribution in [1.29, 1.82) is 0 Å². The van der Waals surface area contributed by atoms with Gasteiger partial charge in [-0.25, -0.2) is 21.6 Å². The Hall–Kier alpha value is 1.61. The standard InChI is InChI=1S/C13H25NO6S3.K/c1-22(17,18)12-6-3-7-13(9-12)23(19,20)14-10-4-2-5-11(8-10)21(15)16;/h10-14H,2-9H2,1H3,(H,15,16);/q;+1/p-1. The minimum atomic E-state index is -3.64. The summed E-state index contributed by atoms with van der Waals surface area (Å²) in [6, 6.07) is -0.379. The van der Waals surface area contributed by atoms with E-state index in [-0.39, 0.29) is 70.3 Å². The van der Waals surface area contributed by atoms with Gasteiger partial charge in [0.15, 0.2) is 0 Å². The van der Waals surface area contributed by atoms with Gasteiger partial charge in [-0.05, 0) is 38.5 Å². The van der Waals surface area contributed by atoms with E-state index < -0.39 is 46.7 Å². The van der Waals surface area contributed by atoms with Crippen LogP contribution in [-0.2, 0) is 30.9 Å². The molecule has 0 aromatic rings. The minimum absolute atomic E-state index is 0. The normalized spacial score (nSPS) is 33.4. The van der Waals surface area contributed by atoms with Crippen LogP contribution in [0.25, 0.3) is 0 Å². The van der Waals surface area contributed by atoms with E-state index in [1.165, 1.54) is 0 Å². The maximum atomic E-state index is 12.5. The van der Waals surface area contributed by atoms with E-state index in [1.54, 1.807) is 0 Å². The van der Waals surface area contributed by atoms with Gasteiger partial charge in [-0.2, -0.15) is 0 Å². The molecule has 0 amide bonds. The number of hydrogen-bond acceptors (Lipinski definition) is 6. The quantitative estimate of drug-likeness (QED) is 0.383. The largest absolute Gasteiger partial charge is 1.00 e. The van der Waals surface area contributed by atoms with E-state index in [2.05, 4.69) is 4.72 Å². The summed E-state index contributed by atoms with van der Waals surface area (Å²) in [5.41, 5.74) is 0. The second kappa shape index (κ2) is 9.70. The van der Waals surface area contributed by atoms with E-state index in [1.807, 2.05) is 0 Å². The smallest absolute Gasteiger partial charge is 0.772 e. The first kappa shape index (κ1) is 23.6. The number of nitrogens with one attached hydrogen (secondary N) is 1. The summed E-state index contributed by atoms with van der Waals surface area (Å²) in [5.74, 6) is 0. The Kier molecular flexibility index (Phi) is 9.55. The second-order valence-electron chi connectivity index (χ2n) is 6.65. The van der Waals surface area contributed by atoms with Gasteiger partial charge in [-0.1, -0.05) is 23.9 Å². The Morgan fingerprint density at radius 2 is 1.54 bits per heavy atom. The molecule has 5 unspecified atom stereocenters. The van der Waals surface area contributed by atoms with Gasteiger partial charge in [-0.15, -0.1) is 0 Å². The number of hydrogen-bond donors (Lipinski definition) is 1. The Morgan fingerprint density at radius 3 is 2.12 bits per heavy atom. The summed E-state index contributed by atoms with van der Waals surface area (Å²) in [6.07, 6.45) is 4.94. The molecule has 2 fully saturated rings. The van der Waals surface area contributed by atoms with Crippen molar-refractivity contribution >= 4 is 30.9 Å². The minimum Gasteiger partial charge on any atom is -0.772 e. The van der Waals surface area contributed by atoms with E-state index in [0.717, 1.165) is 6.26 Å². The molecule has 0 bridgehead atoms. The molecule has 11 heteroatoms. The second-order valence-corrected chi connectivity index (χ2v) is 12.2. The van der Waals surface area contributed by atoms with Gasteiger partial charge < -0.3 is 4.55 Å². The van der Waals surface area contributed by atoms with Gasteiger partial charge in [0, 0.05) is 17.5 Å². The van der Waals surface area contributed by atoms with Crippen LogP contribution in [0.2, 0.25) is 0 Å². The monoisotopic (exact) mass is 425 g/mol. The predicted molar refractivity (Wildman–Crippen MR) is 87.9 cm³/mol. The molecule has 2 rings (SSSR count). The zero-order valence-corrected chi connectivity index (χ0v) is 19.7. The molecular weight excluding hydrogens is 401 g/mol. The molecule has 0 spiro atoms. The summed E-state index contributed by atoms with van der Waals surface area (Å²) >= 11 is -2.19. The van der Waals surface area contributed by atoms with Gasteiger partial charge >= 0.3 is 51.4 Å². The summed E-state index contributed by atoms with van der Waals surface area (Å²) < 4.78 is 73.2. The molecule has 7 nitrogen and oxygen atoms in total. The first-order valence-corrected chi connectivity index (χ1v) is 12.5. The van der Waals surface area contributed by atoms with E-state index >= 15 is 0 Å². The van der Waals surface area contributed by atoms with Crippen LogP contribution in [0.5, 0.6) is 0 Å². The third kappa shape index (κ3) is 6.65.